The Bertz CT molecular complexity index is 902. The fourth-order valence-electron chi connectivity index (χ4n) is 4.56. The lowest BCUT2D eigenvalue weighted by Crippen LogP contribution is -2.49. The number of likely N-dealkylation sites (tertiary alicyclic amines) is 1. The van der Waals surface area contributed by atoms with Gasteiger partial charge in [0, 0.05) is 39.1 Å². The van der Waals surface area contributed by atoms with E-state index in [1.165, 1.54) is 0 Å². The molecule has 2 heterocycles. The lowest BCUT2D eigenvalue weighted by atomic mass is 9.96. The highest BCUT2D eigenvalue weighted by atomic mass is 32.2. The van der Waals surface area contributed by atoms with Gasteiger partial charge in [-0.15, -0.1) is 0 Å². The maximum absolute atomic E-state index is 12.8. The second-order valence-corrected chi connectivity index (χ2v) is 10.2. The molecule has 2 aliphatic rings. The van der Waals surface area contributed by atoms with E-state index in [0.717, 1.165) is 18.4 Å². The number of benzene rings is 1. The summed E-state index contributed by atoms with van der Waals surface area (Å²) in [6.45, 7) is 8.84. The second-order valence-electron chi connectivity index (χ2n) is 8.49. The van der Waals surface area contributed by atoms with Gasteiger partial charge in [-0.05, 0) is 44.7 Å². The number of morpholine rings is 1. The summed E-state index contributed by atoms with van der Waals surface area (Å²) in [4.78, 5) is 29.2. The SMILES string of the molecule is Cc1cc(C)c(S(=O)(=O)NCCC(=O)N2CCCC(C(=O)N3CCOCC3)C2)c(C)c1. The van der Waals surface area contributed by atoms with E-state index >= 15 is 0 Å². The van der Waals surface area contributed by atoms with Crippen LogP contribution < -0.4 is 4.72 Å². The summed E-state index contributed by atoms with van der Waals surface area (Å²) < 4.78 is 33.4. The van der Waals surface area contributed by atoms with Gasteiger partial charge in [0.15, 0.2) is 0 Å². The standard InChI is InChI=1S/C22H33N3O5S/c1-16-13-17(2)21(18(3)14-16)31(28,29)23-7-6-20(26)25-8-4-5-19(15-25)22(27)24-9-11-30-12-10-24/h13-14,19,23H,4-12,15H2,1-3H3. The third kappa shape index (κ3) is 5.84. The summed E-state index contributed by atoms with van der Waals surface area (Å²) in [5, 5.41) is 0. The molecular weight excluding hydrogens is 418 g/mol. The van der Waals surface area contributed by atoms with Crippen molar-refractivity contribution in [3.05, 3.63) is 28.8 Å². The summed E-state index contributed by atoms with van der Waals surface area (Å²) in [5.41, 5.74) is 2.39. The Balaban J connectivity index is 1.54. The number of hydrogen-bond acceptors (Lipinski definition) is 5. The van der Waals surface area contributed by atoms with E-state index in [9.17, 15) is 18.0 Å². The predicted octanol–water partition coefficient (Wildman–Crippen LogP) is 1.38. The van der Waals surface area contributed by atoms with Gasteiger partial charge in [0.1, 0.15) is 0 Å². The molecule has 8 nitrogen and oxygen atoms in total. The summed E-state index contributed by atoms with van der Waals surface area (Å²) in [5.74, 6) is -0.225. The van der Waals surface area contributed by atoms with Gasteiger partial charge >= 0.3 is 0 Å². The van der Waals surface area contributed by atoms with Crippen LogP contribution in [-0.2, 0) is 24.3 Å². The van der Waals surface area contributed by atoms with Crippen molar-refractivity contribution in [1.29, 1.82) is 0 Å². The number of aryl methyl sites for hydroxylation is 3. The molecule has 1 aromatic rings. The summed E-state index contributed by atoms with van der Waals surface area (Å²) >= 11 is 0. The van der Waals surface area contributed by atoms with Crippen molar-refractivity contribution in [1.82, 2.24) is 14.5 Å². The van der Waals surface area contributed by atoms with Crippen LogP contribution in [0.1, 0.15) is 36.0 Å². The summed E-state index contributed by atoms with van der Waals surface area (Å²) in [6.07, 6.45) is 1.63. The number of nitrogens with one attached hydrogen (secondary N) is 1. The Kier molecular flexibility index (Phi) is 7.72. The Hall–Kier alpha value is -1.97. The molecule has 2 amide bonds. The minimum Gasteiger partial charge on any atom is -0.378 e. The molecule has 0 spiro atoms. The van der Waals surface area contributed by atoms with Gasteiger partial charge in [0.05, 0.1) is 24.0 Å². The van der Waals surface area contributed by atoms with Gasteiger partial charge in [-0.25, -0.2) is 13.1 Å². The number of hydrogen-bond donors (Lipinski definition) is 1. The van der Waals surface area contributed by atoms with Crippen LogP contribution in [0.25, 0.3) is 0 Å². The molecule has 1 aromatic carbocycles. The van der Waals surface area contributed by atoms with Crippen molar-refractivity contribution in [2.24, 2.45) is 5.92 Å². The van der Waals surface area contributed by atoms with Crippen molar-refractivity contribution in [2.75, 3.05) is 45.9 Å². The topological polar surface area (TPSA) is 96.0 Å². The van der Waals surface area contributed by atoms with Crippen molar-refractivity contribution in [2.45, 2.75) is 44.9 Å². The number of piperidine rings is 1. The van der Waals surface area contributed by atoms with E-state index < -0.39 is 10.0 Å². The fraction of sp³-hybridized carbons (Fsp3) is 0.636. The molecule has 0 saturated carbocycles. The Morgan fingerprint density at radius 1 is 1.06 bits per heavy atom. The molecule has 1 N–H and O–H groups in total. The molecule has 31 heavy (non-hydrogen) atoms. The molecular formula is C22H33N3O5S. The maximum Gasteiger partial charge on any atom is 0.241 e. The van der Waals surface area contributed by atoms with Gasteiger partial charge in [-0.3, -0.25) is 9.59 Å². The number of rotatable bonds is 6. The van der Waals surface area contributed by atoms with Crippen LogP contribution in [-0.4, -0.2) is 76.0 Å². The Morgan fingerprint density at radius 2 is 1.71 bits per heavy atom. The van der Waals surface area contributed by atoms with Gasteiger partial charge in [-0.1, -0.05) is 17.7 Å². The summed E-state index contributed by atoms with van der Waals surface area (Å²) in [6, 6.07) is 3.68. The molecule has 2 fully saturated rings. The van der Waals surface area contributed by atoms with Gasteiger partial charge in [0.2, 0.25) is 21.8 Å². The van der Waals surface area contributed by atoms with Gasteiger partial charge < -0.3 is 14.5 Å². The highest BCUT2D eigenvalue weighted by molar-refractivity contribution is 7.89. The number of amides is 2. The van der Waals surface area contributed by atoms with E-state index in [-0.39, 0.29) is 35.6 Å². The van der Waals surface area contributed by atoms with Crippen LogP contribution in [0.3, 0.4) is 0 Å². The smallest absolute Gasteiger partial charge is 0.241 e. The van der Waals surface area contributed by atoms with Crippen LogP contribution in [0.2, 0.25) is 0 Å². The zero-order valence-corrected chi connectivity index (χ0v) is 19.5. The number of nitrogens with zero attached hydrogens (tertiary/aromatic N) is 2. The minimum absolute atomic E-state index is 0.0342. The molecule has 9 heteroatoms. The molecule has 1 unspecified atom stereocenters. The molecule has 2 aliphatic heterocycles. The van der Waals surface area contributed by atoms with Crippen molar-refractivity contribution in [3.8, 4) is 0 Å². The minimum atomic E-state index is -3.70. The first-order valence-corrected chi connectivity index (χ1v) is 12.4. The highest BCUT2D eigenvalue weighted by Crippen LogP contribution is 2.22. The van der Waals surface area contributed by atoms with Crippen LogP contribution in [0.5, 0.6) is 0 Å². The monoisotopic (exact) mass is 451 g/mol. The first-order valence-electron chi connectivity index (χ1n) is 10.9. The van der Waals surface area contributed by atoms with E-state index in [1.54, 1.807) is 18.7 Å². The lowest BCUT2D eigenvalue weighted by Gasteiger charge is -2.36. The van der Waals surface area contributed by atoms with Crippen LogP contribution in [0.4, 0.5) is 0 Å². The average molecular weight is 452 g/mol. The molecule has 0 radical (unpaired) electrons. The van der Waals surface area contributed by atoms with Crippen LogP contribution in [0, 0.1) is 26.7 Å². The first kappa shape index (κ1) is 23.7. The first-order chi connectivity index (χ1) is 14.7. The molecule has 0 aliphatic carbocycles. The molecule has 0 bridgehead atoms. The van der Waals surface area contributed by atoms with E-state index in [0.29, 0.717) is 50.5 Å². The van der Waals surface area contributed by atoms with Crippen molar-refractivity contribution < 1.29 is 22.7 Å². The fourth-order valence-corrected chi connectivity index (χ4v) is 6.04. The molecule has 172 valence electrons. The molecule has 2 saturated heterocycles. The zero-order valence-electron chi connectivity index (χ0n) is 18.6. The Labute approximate surface area is 185 Å². The van der Waals surface area contributed by atoms with E-state index in [2.05, 4.69) is 4.72 Å². The second kappa shape index (κ2) is 10.1. The number of carbonyl (C=O) groups is 2. The van der Waals surface area contributed by atoms with E-state index in [4.69, 9.17) is 4.74 Å². The average Bonchev–Trinajstić information content (AvgIpc) is 2.72. The van der Waals surface area contributed by atoms with Crippen LogP contribution >= 0.6 is 0 Å². The maximum atomic E-state index is 12.8. The third-order valence-electron chi connectivity index (χ3n) is 5.95. The normalized spacial score (nSPS) is 20.0. The molecule has 1 atom stereocenters. The molecule has 0 aromatic heterocycles. The van der Waals surface area contributed by atoms with Crippen molar-refractivity contribution in [3.63, 3.8) is 0 Å². The third-order valence-corrected chi connectivity index (χ3v) is 7.72. The van der Waals surface area contributed by atoms with Gasteiger partial charge in [-0.2, -0.15) is 0 Å². The van der Waals surface area contributed by atoms with Gasteiger partial charge in [0.25, 0.3) is 0 Å². The predicted molar refractivity (Wildman–Crippen MR) is 117 cm³/mol. The zero-order chi connectivity index (χ0) is 22.6. The lowest BCUT2D eigenvalue weighted by molar-refractivity contribution is -0.143. The van der Waals surface area contributed by atoms with E-state index in [1.807, 2.05) is 24.0 Å². The van der Waals surface area contributed by atoms with Crippen molar-refractivity contribution >= 4 is 21.8 Å². The number of ether oxygens (including phenoxy) is 1. The largest absolute Gasteiger partial charge is 0.378 e. The highest BCUT2D eigenvalue weighted by Gasteiger charge is 2.32. The molecule has 3 rings (SSSR count). The number of sulfonamides is 1. The quantitative estimate of drug-likeness (QED) is 0.705. The summed E-state index contributed by atoms with van der Waals surface area (Å²) in [7, 11) is -3.70. The number of carbonyl (C=O) groups excluding carboxylic acids is 2. The van der Waals surface area contributed by atoms with Crippen LogP contribution in [0.15, 0.2) is 17.0 Å². The Morgan fingerprint density at radius 3 is 2.35 bits per heavy atom.